The highest BCUT2D eigenvalue weighted by Crippen LogP contribution is 2.49. The zero-order valence-electron chi connectivity index (χ0n) is 39.0. The Kier molecular flexibility index (Phi) is 19.2. The Morgan fingerprint density at radius 1 is 0.667 bits per heavy atom. The number of carboxylic acid groups (broad SMARTS) is 1. The number of benzene rings is 2. The minimum atomic E-state index is -1.16. The van der Waals surface area contributed by atoms with Crippen LogP contribution in [0.2, 0.25) is 0 Å². The second kappa shape index (κ2) is 24.9. The topological polar surface area (TPSA) is 44.9 Å². The van der Waals surface area contributed by atoms with Gasteiger partial charge in [-0.2, -0.15) is 0 Å². The third-order valence-electron chi connectivity index (χ3n) is 13.0. The zero-order valence-corrected chi connectivity index (χ0v) is 41.4. The van der Waals surface area contributed by atoms with Gasteiger partial charge in [0.2, 0.25) is 0 Å². The van der Waals surface area contributed by atoms with Crippen LogP contribution < -0.4 is 4.90 Å². The van der Waals surface area contributed by atoms with Crippen LogP contribution in [0.4, 0.5) is 11.4 Å². The van der Waals surface area contributed by atoms with Crippen molar-refractivity contribution in [2.75, 3.05) is 11.4 Å². The maximum Gasteiger partial charge on any atom is 0.333 e. The molecule has 1 unspecified atom stereocenters. The van der Waals surface area contributed by atoms with Crippen molar-refractivity contribution in [2.24, 2.45) is 5.92 Å². The lowest BCUT2D eigenvalue weighted by molar-refractivity contribution is -0.132. The molecule has 2 aromatic carbocycles. The molecule has 0 spiro atoms. The van der Waals surface area contributed by atoms with Crippen LogP contribution in [0.15, 0.2) is 66.4 Å². The smallest absolute Gasteiger partial charge is 0.333 e. The number of aliphatic carboxylic acids is 1. The number of hydrogen-bond donors (Lipinski definition) is 1. The molecule has 0 radical (unpaired) electrons. The fourth-order valence-electron chi connectivity index (χ4n) is 9.22. The Bertz CT molecular complexity index is 2300. The molecule has 1 N–H and O–H groups in total. The molecule has 0 saturated carbocycles. The van der Waals surface area contributed by atoms with Gasteiger partial charge in [0.1, 0.15) is 0 Å². The van der Waals surface area contributed by atoms with E-state index in [1.54, 1.807) is 17.4 Å². The van der Waals surface area contributed by atoms with Crippen molar-refractivity contribution in [2.45, 2.75) is 169 Å². The normalized spacial score (nSPS) is 13.1. The van der Waals surface area contributed by atoms with Crippen molar-refractivity contribution in [1.29, 1.82) is 0 Å². The summed E-state index contributed by atoms with van der Waals surface area (Å²) in [7, 11) is 0. The molecular formula is C56H72N2O2S3. The Hall–Kier alpha value is -3.96. The molecule has 5 aromatic rings. The average Bonchev–Trinajstić information content (AvgIpc) is 4.01. The monoisotopic (exact) mass is 900 g/mol. The lowest BCUT2D eigenvalue weighted by Gasteiger charge is -2.31. The van der Waals surface area contributed by atoms with Crippen molar-refractivity contribution < 1.29 is 9.90 Å². The van der Waals surface area contributed by atoms with Gasteiger partial charge in [0.05, 0.1) is 6.57 Å². The third-order valence-corrected chi connectivity index (χ3v) is 16.9. The standard InChI is InChI=1S/C56H72N2O2S3/c1-7-12-16-19-26-43-35-52(61-51(43)38-47(57-6)56(59)60)54-46(28-21-18-14-9-3)37-53(63-54)55-45(27-20-17-13-8-2)36-50(62-55)44-32-33-49-42(34-44)31-30-41-25-22-23-29-48(41)58(49)39-40(11-5)24-15-10-4/h22-23,25,29,32-38,40H,7-21,24,26-28,30-31,39H2,1-5H3,(H,59,60)/b47-38-. The Balaban J connectivity index is 1.41. The molecule has 4 heterocycles. The number of carboxylic acids is 1. The van der Waals surface area contributed by atoms with Gasteiger partial charge in [0.25, 0.3) is 5.70 Å². The number of rotatable bonds is 26. The molecule has 0 fully saturated rings. The molecule has 1 aliphatic rings. The largest absolute Gasteiger partial charge is 0.486 e. The van der Waals surface area contributed by atoms with Gasteiger partial charge in [-0.3, -0.25) is 4.79 Å². The predicted molar refractivity (Wildman–Crippen MR) is 276 cm³/mol. The summed E-state index contributed by atoms with van der Waals surface area (Å²) in [6.45, 7) is 20.1. The predicted octanol–water partition coefficient (Wildman–Crippen LogP) is 18.0. The Morgan fingerprint density at radius 2 is 1.22 bits per heavy atom. The number of fused-ring (bicyclic) bond motifs is 2. The number of anilines is 2. The van der Waals surface area contributed by atoms with Crippen molar-refractivity contribution in [3.8, 4) is 29.9 Å². The van der Waals surface area contributed by atoms with Crippen molar-refractivity contribution in [1.82, 2.24) is 0 Å². The number of aryl methyl sites for hydroxylation is 5. The summed E-state index contributed by atoms with van der Waals surface area (Å²) in [6.07, 6.45) is 26.1. The number of para-hydroxylation sites is 1. The molecular weight excluding hydrogens is 829 g/mol. The van der Waals surface area contributed by atoms with E-state index in [-0.39, 0.29) is 5.70 Å². The summed E-state index contributed by atoms with van der Waals surface area (Å²) in [4.78, 5) is 25.6. The number of unbranched alkanes of at least 4 members (excludes halogenated alkanes) is 10. The van der Waals surface area contributed by atoms with Crippen molar-refractivity contribution >= 4 is 57.4 Å². The maximum atomic E-state index is 12.0. The lowest BCUT2D eigenvalue weighted by Crippen LogP contribution is -2.25. The second-order valence-electron chi connectivity index (χ2n) is 17.8. The summed E-state index contributed by atoms with van der Waals surface area (Å²) in [6, 6.07) is 23.8. The molecule has 0 aliphatic carbocycles. The summed E-state index contributed by atoms with van der Waals surface area (Å²) in [5.74, 6) is -0.488. The van der Waals surface area contributed by atoms with E-state index in [1.165, 1.54) is 153 Å². The molecule has 1 atom stereocenters. The molecule has 0 amide bonds. The highest BCUT2D eigenvalue weighted by atomic mass is 32.1. The number of carbonyl (C=O) groups is 1. The van der Waals surface area contributed by atoms with Gasteiger partial charge >= 0.3 is 5.97 Å². The molecule has 4 nitrogen and oxygen atoms in total. The maximum absolute atomic E-state index is 12.0. The molecule has 336 valence electrons. The molecule has 1 aliphatic heterocycles. The lowest BCUT2D eigenvalue weighted by atomic mass is 9.97. The second-order valence-corrected chi connectivity index (χ2v) is 21.0. The van der Waals surface area contributed by atoms with Crippen LogP contribution >= 0.6 is 34.0 Å². The molecule has 3 aromatic heterocycles. The quantitative estimate of drug-likeness (QED) is 0.0342. The zero-order chi connectivity index (χ0) is 44.6. The first-order valence-corrected chi connectivity index (χ1v) is 27.0. The average molecular weight is 901 g/mol. The molecule has 6 rings (SSSR count). The van der Waals surface area contributed by atoms with Gasteiger partial charge in [-0.05, 0) is 140 Å². The third kappa shape index (κ3) is 12.9. The minimum Gasteiger partial charge on any atom is -0.486 e. The van der Waals surface area contributed by atoms with Gasteiger partial charge < -0.3 is 10.0 Å². The van der Waals surface area contributed by atoms with E-state index in [4.69, 9.17) is 6.57 Å². The summed E-state index contributed by atoms with van der Waals surface area (Å²) in [5, 5.41) is 9.82. The van der Waals surface area contributed by atoms with E-state index in [2.05, 4.69) is 105 Å². The first kappa shape index (κ1) is 48.5. The summed E-state index contributed by atoms with van der Waals surface area (Å²) < 4.78 is 0. The minimum absolute atomic E-state index is 0.212. The SMILES string of the molecule is [C-]#[N+]/C(=C\c1sc(-c2sc(-c3sc(-c4ccc5c(c4)CCc4ccccc4N5CC(CC)CCCC)cc3CCCCCC)cc2CCCCCC)cc1CCCCCC)C(=O)O. The van der Waals surface area contributed by atoms with Gasteiger partial charge in [-0.1, -0.05) is 136 Å². The number of nitrogens with zero attached hydrogens (tertiary/aromatic N) is 2. The highest BCUT2D eigenvalue weighted by Gasteiger charge is 2.25. The van der Waals surface area contributed by atoms with Crippen LogP contribution in [-0.4, -0.2) is 17.6 Å². The van der Waals surface area contributed by atoms with Gasteiger partial charge in [0.15, 0.2) is 0 Å². The first-order chi connectivity index (χ1) is 30.8. The Labute approximate surface area is 392 Å². The van der Waals surface area contributed by atoms with Crippen molar-refractivity contribution in [3.63, 3.8) is 0 Å². The van der Waals surface area contributed by atoms with Crippen LogP contribution in [0.5, 0.6) is 0 Å². The molecule has 7 heteroatoms. The molecule has 0 saturated heterocycles. The molecule has 0 bridgehead atoms. The summed E-state index contributed by atoms with van der Waals surface area (Å²) in [5.41, 5.74) is 10.8. The van der Waals surface area contributed by atoms with Crippen LogP contribution in [0.3, 0.4) is 0 Å². The highest BCUT2D eigenvalue weighted by molar-refractivity contribution is 7.27. The van der Waals surface area contributed by atoms with E-state index in [1.807, 2.05) is 22.7 Å². The summed E-state index contributed by atoms with van der Waals surface area (Å²) >= 11 is 5.58. The number of hydrogen-bond acceptors (Lipinski definition) is 5. The van der Waals surface area contributed by atoms with Gasteiger partial charge in [0, 0.05) is 47.2 Å². The van der Waals surface area contributed by atoms with Gasteiger partial charge in [-0.15, -0.1) is 34.0 Å². The first-order valence-electron chi connectivity index (χ1n) is 24.5. The van der Waals surface area contributed by atoms with Crippen LogP contribution in [0.25, 0.3) is 40.9 Å². The van der Waals surface area contributed by atoms with Crippen LogP contribution in [-0.2, 0) is 36.9 Å². The van der Waals surface area contributed by atoms with E-state index in [0.717, 1.165) is 62.8 Å². The van der Waals surface area contributed by atoms with Crippen molar-refractivity contribution in [3.05, 3.63) is 110 Å². The van der Waals surface area contributed by atoms with E-state index in [9.17, 15) is 9.90 Å². The fraction of sp³-hybridized carbons (Fsp3) is 0.500. The van der Waals surface area contributed by atoms with Crippen LogP contribution in [0.1, 0.15) is 170 Å². The van der Waals surface area contributed by atoms with E-state index >= 15 is 0 Å². The fourth-order valence-corrected chi connectivity index (χ4v) is 13.1. The number of thiophene rings is 3. The van der Waals surface area contributed by atoms with Gasteiger partial charge in [-0.25, -0.2) is 4.85 Å². The van der Waals surface area contributed by atoms with Crippen LogP contribution in [0, 0.1) is 12.5 Å². The molecule has 63 heavy (non-hydrogen) atoms. The van der Waals surface area contributed by atoms with E-state index in [0.29, 0.717) is 5.92 Å². The van der Waals surface area contributed by atoms with E-state index < -0.39 is 5.97 Å². The Morgan fingerprint density at radius 3 is 1.84 bits per heavy atom.